The van der Waals surface area contributed by atoms with Crippen molar-refractivity contribution in [2.75, 3.05) is 12.0 Å². The van der Waals surface area contributed by atoms with E-state index in [1.807, 2.05) is 6.26 Å². The zero-order chi connectivity index (χ0) is 11.3. The zero-order valence-electron chi connectivity index (χ0n) is 8.66. The lowest BCUT2D eigenvalue weighted by Gasteiger charge is -2.14. The van der Waals surface area contributed by atoms with Crippen molar-refractivity contribution in [2.24, 2.45) is 0 Å². The summed E-state index contributed by atoms with van der Waals surface area (Å²) < 4.78 is 0. The molecule has 0 aromatic heterocycles. The normalized spacial score (nSPS) is 16.9. The molecule has 0 heterocycles. The first kappa shape index (κ1) is 12.2. The molecule has 2 amide bonds. The van der Waals surface area contributed by atoms with Gasteiger partial charge in [-0.05, 0) is 31.3 Å². The van der Waals surface area contributed by atoms with Crippen LogP contribution in [0.5, 0.6) is 0 Å². The second-order valence-electron chi connectivity index (χ2n) is 3.56. The number of thioether (sulfide) groups is 1. The Morgan fingerprint density at radius 3 is 2.67 bits per heavy atom. The minimum Gasteiger partial charge on any atom is -0.480 e. The molecule has 0 radical (unpaired) electrons. The summed E-state index contributed by atoms with van der Waals surface area (Å²) in [6.07, 6.45) is 4.35. The van der Waals surface area contributed by atoms with Crippen molar-refractivity contribution in [3.05, 3.63) is 0 Å². The van der Waals surface area contributed by atoms with Gasteiger partial charge in [0.1, 0.15) is 6.04 Å². The van der Waals surface area contributed by atoms with Gasteiger partial charge in [-0.3, -0.25) is 0 Å². The molecule has 0 aliphatic heterocycles. The molecule has 1 saturated carbocycles. The summed E-state index contributed by atoms with van der Waals surface area (Å²) in [6.45, 7) is 0. The zero-order valence-corrected chi connectivity index (χ0v) is 9.47. The largest absolute Gasteiger partial charge is 0.480 e. The molecule has 0 spiro atoms. The predicted molar refractivity (Wildman–Crippen MR) is 59.1 cm³/mol. The Labute approximate surface area is 93.0 Å². The van der Waals surface area contributed by atoms with E-state index in [2.05, 4.69) is 10.6 Å². The van der Waals surface area contributed by atoms with Crippen LogP contribution in [0.3, 0.4) is 0 Å². The Hall–Kier alpha value is -0.910. The summed E-state index contributed by atoms with van der Waals surface area (Å²) in [5.74, 6) is -0.254. The number of hydrogen-bond acceptors (Lipinski definition) is 3. The van der Waals surface area contributed by atoms with Gasteiger partial charge in [0.25, 0.3) is 0 Å². The average Bonchev–Trinajstić information content (AvgIpc) is 2.95. The number of carbonyl (C=O) groups excluding carboxylic acids is 1. The molecule has 0 bridgehead atoms. The first-order valence-corrected chi connectivity index (χ1v) is 6.31. The van der Waals surface area contributed by atoms with E-state index >= 15 is 0 Å². The van der Waals surface area contributed by atoms with Gasteiger partial charge in [0.2, 0.25) is 0 Å². The van der Waals surface area contributed by atoms with E-state index in [1.54, 1.807) is 11.8 Å². The third-order valence-corrected chi connectivity index (χ3v) is 2.77. The molecule has 0 aromatic carbocycles. The van der Waals surface area contributed by atoms with Gasteiger partial charge >= 0.3 is 12.0 Å². The number of carboxylic acids is 1. The molecular weight excluding hydrogens is 216 g/mol. The highest BCUT2D eigenvalue weighted by Gasteiger charge is 2.25. The lowest BCUT2D eigenvalue weighted by molar-refractivity contribution is -0.139. The third-order valence-electron chi connectivity index (χ3n) is 2.13. The second kappa shape index (κ2) is 5.85. The number of carboxylic acid groups (broad SMARTS) is 1. The van der Waals surface area contributed by atoms with Gasteiger partial charge in [0, 0.05) is 6.04 Å². The van der Waals surface area contributed by atoms with Crippen LogP contribution in [0.4, 0.5) is 4.79 Å². The van der Waals surface area contributed by atoms with E-state index < -0.39 is 12.0 Å². The van der Waals surface area contributed by atoms with E-state index in [-0.39, 0.29) is 12.1 Å². The highest BCUT2D eigenvalue weighted by Crippen LogP contribution is 2.18. The van der Waals surface area contributed by atoms with E-state index in [0.717, 1.165) is 18.6 Å². The maximum atomic E-state index is 11.3. The van der Waals surface area contributed by atoms with Crippen LogP contribution in [-0.4, -0.2) is 41.2 Å². The van der Waals surface area contributed by atoms with Gasteiger partial charge in [0.15, 0.2) is 0 Å². The van der Waals surface area contributed by atoms with Gasteiger partial charge in [-0.2, -0.15) is 11.8 Å². The Bertz CT molecular complexity index is 244. The fourth-order valence-electron chi connectivity index (χ4n) is 1.11. The third kappa shape index (κ3) is 4.92. The number of rotatable bonds is 6. The van der Waals surface area contributed by atoms with Crippen LogP contribution >= 0.6 is 11.8 Å². The van der Waals surface area contributed by atoms with Crippen LogP contribution < -0.4 is 10.6 Å². The van der Waals surface area contributed by atoms with E-state index in [4.69, 9.17) is 5.11 Å². The average molecular weight is 232 g/mol. The number of carbonyl (C=O) groups is 2. The predicted octanol–water partition coefficient (Wildman–Crippen LogP) is 0.654. The van der Waals surface area contributed by atoms with E-state index in [9.17, 15) is 9.59 Å². The lowest BCUT2D eigenvalue weighted by atomic mass is 10.2. The summed E-state index contributed by atoms with van der Waals surface area (Å²) >= 11 is 1.57. The van der Waals surface area contributed by atoms with Gasteiger partial charge in [0.05, 0.1) is 0 Å². The lowest BCUT2D eigenvalue weighted by Crippen LogP contribution is -2.46. The molecule has 5 nitrogen and oxygen atoms in total. The van der Waals surface area contributed by atoms with Crippen LogP contribution in [0.25, 0.3) is 0 Å². The number of urea groups is 1. The van der Waals surface area contributed by atoms with E-state index in [1.165, 1.54) is 0 Å². The molecule has 0 aromatic rings. The van der Waals surface area contributed by atoms with Crippen LogP contribution in [0.1, 0.15) is 19.3 Å². The summed E-state index contributed by atoms with van der Waals surface area (Å²) in [4.78, 5) is 22.1. The Morgan fingerprint density at radius 2 is 2.20 bits per heavy atom. The molecule has 1 aliphatic carbocycles. The van der Waals surface area contributed by atoms with Crippen LogP contribution in [-0.2, 0) is 4.79 Å². The number of aliphatic carboxylic acids is 1. The quantitative estimate of drug-likeness (QED) is 0.628. The first-order valence-electron chi connectivity index (χ1n) is 4.92. The fraction of sp³-hybridized carbons (Fsp3) is 0.778. The topological polar surface area (TPSA) is 78.4 Å². The van der Waals surface area contributed by atoms with Gasteiger partial charge in [-0.25, -0.2) is 9.59 Å². The van der Waals surface area contributed by atoms with Crippen molar-refractivity contribution in [3.63, 3.8) is 0 Å². The molecule has 1 atom stereocenters. The van der Waals surface area contributed by atoms with Crippen LogP contribution in [0.15, 0.2) is 0 Å². The van der Waals surface area contributed by atoms with Crippen molar-refractivity contribution in [1.82, 2.24) is 10.6 Å². The molecule has 1 rings (SSSR count). The van der Waals surface area contributed by atoms with Crippen LogP contribution in [0, 0.1) is 0 Å². The molecule has 6 heteroatoms. The second-order valence-corrected chi connectivity index (χ2v) is 4.55. The fourth-order valence-corrected chi connectivity index (χ4v) is 1.58. The molecule has 15 heavy (non-hydrogen) atoms. The molecule has 3 N–H and O–H groups in total. The number of hydrogen-bond donors (Lipinski definition) is 3. The Kier molecular flexibility index (Phi) is 4.74. The molecule has 0 saturated heterocycles. The maximum absolute atomic E-state index is 11.3. The van der Waals surface area contributed by atoms with Gasteiger partial charge in [-0.1, -0.05) is 0 Å². The molecule has 1 unspecified atom stereocenters. The standard InChI is InChI=1S/C9H16N2O3S/c1-15-5-4-7(8(12)13)11-9(14)10-6-2-3-6/h6-7H,2-5H2,1H3,(H,12,13)(H2,10,11,14). The SMILES string of the molecule is CSCCC(NC(=O)NC1CC1)C(=O)O. The summed E-state index contributed by atoms with van der Waals surface area (Å²) in [6, 6.07) is -0.901. The highest BCUT2D eigenvalue weighted by molar-refractivity contribution is 7.98. The molecule has 86 valence electrons. The van der Waals surface area contributed by atoms with Crippen LogP contribution in [0.2, 0.25) is 0 Å². The summed E-state index contributed by atoms with van der Waals surface area (Å²) in [5.41, 5.74) is 0. The molecule has 1 fully saturated rings. The smallest absolute Gasteiger partial charge is 0.326 e. The molecular formula is C9H16N2O3S. The van der Waals surface area contributed by atoms with E-state index in [0.29, 0.717) is 6.42 Å². The highest BCUT2D eigenvalue weighted by atomic mass is 32.2. The first-order chi connectivity index (χ1) is 7.13. The van der Waals surface area contributed by atoms with Crippen molar-refractivity contribution >= 4 is 23.8 Å². The number of nitrogens with one attached hydrogen (secondary N) is 2. The summed E-state index contributed by atoms with van der Waals surface area (Å²) in [5, 5.41) is 14.0. The minimum absolute atomic E-state index is 0.250. The minimum atomic E-state index is -0.977. The van der Waals surface area contributed by atoms with Gasteiger partial charge in [-0.15, -0.1) is 0 Å². The van der Waals surface area contributed by atoms with Crippen molar-refractivity contribution in [3.8, 4) is 0 Å². The monoisotopic (exact) mass is 232 g/mol. The Morgan fingerprint density at radius 1 is 1.53 bits per heavy atom. The van der Waals surface area contributed by atoms with Crippen molar-refractivity contribution in [1.29, 1.82) is 0 Å². The van der Waals surface area contributed by atoms with Crippen molar-refractivity contribution in [2.45, 2.75) is 31.3 Å². The van der Waals surface area contributed by atoms with Crippen molar-refractivity contribution < 1.29 is 14.7 Å². The van der Waals surface area contributed by atoms with Gasteiger partial charge < -0.3 is 15.7 Å². The molecule has 1 aliphatic rings. The maximum Gasteiger partial charge on any atom is 0.326 e. The summed E-state index contributed by atoms with van der Waals surface area (Å²) in [7, 11) is 0. The number of amides is 2. The Balaban J connectivity index is 2.28.